The van der Waals surface area contributed by atoms with Crippen molar-refractivity contribution in [3.63, 3.8) is 0 Å². The molecule has 0 spiro atoms. The molecule has 2 aromatic carbocycles. The van der Waals surface area contributed by atoms with E-state index >= 15 is 0 Å². The van der Waals surface area contributed by atoms with Gasteiger partial charge in [-0.1, -0.05) is 24.1 Å². The van der Waals surface area contributed by atoms with Crippen molar-refractivity contribution < 1.29 is 33.0 Å². The first kappa shape index (κ1) is 30.0. The van der Waals surface area contributed by atoms with E-state index in [1.807, 2.05) is 0 Å². The Morgan fingerprint density at radius 3 is 2.63 bits per heavy atom. The SMILES string of the molecule is CCOC(=O)c1c(NC(=O)C(=O)N/N=C/c2ccc(OCc3ccc(F)cc3Cl)c(OC)c2)sc2c1CCCCC2. The van der Waals surface area contributed by atoms with Gasteiger partial charge in [-0.15, -0.1) is 11.3 Å². The fourth-order valence-electron chi connectivity index (χ4n) is 4.30. The molecular weight excluding hydrogens is 573 g/mol. The lowest BCUT2D eigenvalue weighted by atomic mass is 10.1. The van der Waals surface area contributed by atoms with Crippen molar-refractivity contribution in [2.45, 2.75) is 45.6 Å². The molecule has 1 aromatic heterocycles. The summed E-state index contributed by atoms with van der Waals surface area (Å²) in [5, 5.41) is 6.98. The Morgan fingerprint density at radius 1 is 1.07 bits per heavy atom. The van der Waals surface area contributed by atoms with Crippen LogP contribution in [0, 0.1) is 5.82 Å². The number of fused-ring (bicyclic) bond motifs is 1. The molecule has 0 unspecified atom stereocenters. The Kier molecular flexibility index (Phi) is 10.3. The Hall–Kier alpha value is -3.96. The third kappa shape index (κ3) is 7.62. The van der Waals surface area contributed by atoms with Gasteiger partial charge in [0.1, 0.15) is 17.4 Å². The summed E-state index contributed by atoms with van der Waals surface area (Å²) in [5.74, 6) is -2.10. The molecule has 0 saturated carbocycles. The van der Waals surface area contributed by atoms with Gasteiger partial charge in [0.05, 0.1) is 30.5 Å². The summed E-state index contributed by atoms with van der Waals surface area (Å²) in [4.78, 5) is 38.8. The third-order valence-electron chi connectivity index (χ3n) is 6.30. The fraction of sp³-hybridized carbons (Fsp3) is 0.310. The molecule has 9 nitrogen and oxygen atoms in total. The van der Waals surface area contributed by atoms with E-state index in [-0.39, 0.29) is 18.2 Å². The highest BCUT2D eigenvalue weighted by molar-refractivity contribution is 7.17. The molecule has 4 rings (SSSR count). The molecule has 0 fully saturated rings. The van der Waals surface area contributed by atoms with Gasteiger partial charge in [-0.3, -0.25) is 9.59 Å². The fourth-order valence-corrected chi connectivity index (χ4v) is 5.80. The molecule has 0 atom stereocenters. The minimum absolute atomic E-state index is 0.0964. The molecule has 1 heterocycles. The van der Waals surface area contributed by atoms with Crippen LogP contribution in [0.1, 0.15) is 58.1 Å². The van der Waals surface area contributed by atoms with Crippen molar-refractivity contribution >= 4 is 51.9 Å². The summed E-state index contributed by atoms with van der Waals surface area (Å²) in [6, 6.07) is 8.98. The van der Waals surface area contributed by atoms with Crippen molar-refractivity contribution in [1.29, 1.82) is 0 Å². The van der Waals surface area contributed by atoms with E-state index in [0.29, 0.717) is 33.2 Å². The molecule has 1 aliphatic carbocycles. The smallest absolute Gasteiger partial charge is 0.341 e. The summed E-state index contributed by atoms with van der Waals surface area (Å²) in [6.45, 7) is 2.01. The van der Waals surface area contributed by atoms with Crippen LogP contribution in [0.2, 0.25) is 5.02 Å². The standard InChI is InChI=1S/C29H29ClFN3O6S/c1-3-39-29(37)25-20-7-5-4-6-8-24(20)41-28(25)33-26(35)27(36)34-32-15-17-9-12-22(23(13-17)38-2)40-16-18-10-11-19(31)14-21(18)30/h9-15H,3-8,16H2,1-2H3,(H,33,35)(H,34,36)/b32-15+. The number of aryl methyl sites for hydroxylation is 1. The van der Waals surface area contributed by atoms with E-state index < -0.39 is 23.6 Å². The Balaban J connectivity index is 1.38. The number of carbonyl (C=O) groups is 3. The Labute approximate surface area is 245 Å². The molecule has 2 amide bonds. The van der Waals surface area contributed by atoms with Crippen LogP contribution in [0.15, 0.2) is 41.5 Å². The highest BCUT2D eigenvalue weighted by Gasteiger charge is 2.27. The van der Waals surface area contributed by atoms with Crippen molar-refractivity contribution in [2.24, 2.45) is 5.10 Å². The van der Waals surface area contributed by atoms with Gasteiger partial charge in [0, 0.05) is 10.4 Å². The second-order valence-corrected chi connectivity index (χ2v) is 10.6. The van der Waals surface area contributed by atoms with Gasteiger partial charge in [0.25, 0.3) is 0 Å². The number of benzene rings is 2. The maximum Gasteiger partial charge on any atom is 0.341 e. The van der Waals surface area contributed by atoms with Gasteiger partial charge in [0.15, 0.2) is 11.5 Å². The molecule has 1 aliphatic rings. The molecule has 3 aromatic rings. The number of ether oxygens (including phenoxy) is 3. The molecule has 2 N–H and O–H groups in total. The molecule has 12 heteroatoms. The highest BCUT2D eigenvalue weighted by Crippen LogP contribution is 2.38. The Bertz CT molecular complexity index is 1470. The van der Waals surface area contributed by atoms with Crippen molar-refractivity contribution in [3.05, 3.63) is 74.4 Å². The van der Waals surface area contributed by atoms with Gasteiger partial charge < -0.3 is 19.5 Å². The maximum atomic E-state index is 13.3. The summed E-state index contributed by atoms with van der Waals surface area (Å²) >= 11 is 7.36. The molecule has 41 heavy (non-hydrogen) atoms. The van der Waals surface area contributed by atoms with Gasteiger partial charge in [0.2, 0.25) is 0 Å². The van der Waals surface area contributed by atoms with Crippen LogP contribution in [0.3, 0.4) is 0 Å². The number of hydrazone groups is 1. The van der Waals surface area contributed by atoms with Crippen LogP contribution in [0.5, 0.6) is 11.5 Å². The van der Waals surface area contributed by atoms with Gasteiger partial charge in [-0.25, -0.2) is 14.6 Å². The zero-order valence-corrected chi connectivity index (χ0v) is 24.1. The number of nitrogens with one attached hydrogen (secondary N) is 2. The van der Waals surface area contributed by atoms with Gasteiger partial charge in [-0.05, 0) is 74.1 Å². The number of amides is 2. The largest absolute Gasteiger partial charge is 0.493 e. The van der Waals surface area contributed by atoms with E-state index in [0.717, 1.165) is 42.5 Å². The van der Waals surface area contributed by atoms with Crippen LogP contribution in [-0.2, 0) is 33.8 Å². The average molecular weight is 602 g/mol. The zero-order chi connectivity index (χ0) is 29.4. The average Bonchev–Trinajstić information content (AvgIpc) is 3.12. The number of nitrogens with zero attached hydrogens (tertiary/aromatic N) is 1. The first-order valence-electron chi connectivity index (χ1n) is 13.0. The van der Waals surface area contributed by atoms with E-state index in [1.54, 1.807) is 25.1 Å². The lowest BCUT2D eigenvalue weighted by Crippen LogP contribution is -2.32. The van der Waals surface area contributed by atoms with Crippen LogP contribution < -0.4 is 20.2 Å². The summed E-state index contributed by atoms with van der Waals surface area (Å²) in [7, 11) is 1.47. The monoisotopic (exact) mass is 601 g/mol. The van der Waals surface area contributed by atoms with E-state index in [4.69, 9.17) is 25.8 Å². The second kappa shape index (κ2) is 14.1. The number of esters is 1. The van der Waals surface area contributed by atoms with Crippen LogP contribution >= 0.6 is 22.9 Å². The van der Waals surface area contributed by atoms with Gasteiger partial charge >= 0.3 is 17.8 Å². The first-order valence-corrected chi connectivity index (χ1v) is 14.2. The molecule has 0 aliphatic heterocycles. The number of methoxy groups -OCH3 is 1. The van der Waals surface area contributed by atoms with Crippen LogP contribution in [0.25, 0.3) is 0 Å². The number of anilines is 1. The number of hydrogen-bond acceptors (Lipinski definition) is 8. The second-order valence-electron chi connectivity index (χ2n) is 9.08. The predicted octanol–water partition coefficient (Wildman–Crippen LogP) is 5.66. The number of carbonyl (C=O) groups excluding carboxylic acids is 3. The zero-order valence-electron chi connectivity index (χ0n) is 22.6. The normalized spacial score (nSPS) is 12.8. The third-order valence-corrected chi connectivity index (χ3v) is 7.86. The minimum atomic E-state index is -0.997. The summed E-state index contributed by atoms with van der Waals surface area (Å²) in [5.41, 5.74) is 4.58. The minimum Gasteiger partial charge on any atom is -0.493 e. The van der Waals surface area contributed by atoms with Gasteiger partial charge in [-0.2, -0.15) is 5.10 Å². The molecule has 0 radical (unpaired) electrons. The molecule has 0 bridgehead atoms. The number of halogens is 2. The summed E-state index contributed by atoms with van der Waals surface area (Å²) < 4.78 is 29.6. The van der Waals surface area contributed by atoms with E-state index in [1.165, 1.54) is 42.9 Å². The van der Waals surface area contributed by atoms with Crippen LogP contribution in [-0.4, -0.2) is 37.7 Å². The molecule has 0 saturated heterocycles. The van der Waals surface area contributed by atoms with Crippen LogP contribution in [0.4, 0.5) is 9.39 Å². The topological polar surface area (TPSA) is 115 Å². The Morgan fingerprint density at radius 2 is 1.88 bits per heavy atom. The van der Waals surface area contributed by atoms with E-state index in [2.05, 4.69) is 15.8 Å². The van der Waals surface area contributed by atoms with Crippen molar-refractivity contribution in [2.75, 3.05) is 19.0 Å². The summed E-state index contributed by atoms with van der Waals surface area (Å²) in [6.07, 6.45) is 5.88. The molecule has 216 valence electrons. The van der Waals surface area contributed by atoms with E-state index in [9.17, 15) is 18.8 Å². The lowest BCUT2D eigenvalue weighted by Gasteiger charge is -2.12. The predicted molar refractivity (Wildman–Crippen MR) is 155 cm³/mol. The van der Waals surface area contributed by atoms with Crippen molar-refractivity contribution in [1.82, 2.24) is 5.43 Å². The first-order chi connectivity index (χ1) is 19.8. The number of hydrogen-bond donors (Lipinski definition) is 2. The quantitative estimate of drug-likeness (QED) is 0.107. The molecular formula is C29H29ClFN3O6S. The highest BCUT2D eigenvalue weighted by atomic mass is 35.5. The number of thiophene rings is 1. The maximum absolute atomic E-state index is 13.3. The number of rotatable bonds is 9. The van der Waals surface area contributed by atoms with Crippen molar-refractivity contribution in [3.8, 4) is 11.5 Å². The lowest BCUT2D eigenvalue weighted by molar-refractivity contribution is -0.136.